The monoisotopic (exact) mass is 359 g/mol. The number of halogens is 1. The Hall–Kier alpha value is -1.71. The zero-order chi connectivity index (χ0) is 16.7. The molecule has 25 heavy (non-hydrogen) atoms. The lowest BCUT2D eigenvalue weighted by Gasteiger charge is -2.42. The van der Waals surface area contributed by atoms with Crippen molar-refractivity contribution in [3.05, 3.63) is 47.0 Å². The van der Waals surface area contributed by atoms with Gasteiger partial charge in [0.1, 0.15) is 11.5 Å². The maximum Gasteiger partial charge on any atom is 0.123 e. The molecule has 1 aliphatic heterocycles. The standard InChI is InChI=1S/C21H25NO2.ClH/c1-3-4-9-22-10-8-15-11-16(24-2)13-17-20(15)18(22)12-14-6-5-7-19(23)21(14)17;/h5-7,11,13,18,23H,3-4,8-10,12H2,1-2H3;1H/t18-;/m1./s1. The van der Waals surface area contributed by atoms with E-state index in [4.69, 9.17) is 4.74 Å². The number of aromatic hydroxyl groups is 1. The van der Waals surface area contributed by atoms with Crippen LogP contribution < -0.4 is 4.74 Å². The normalized spacial score (nSPS) is 18.1. The molecule has 0 fully saturated rings. The predicted molar refractivity (Wildman–Crippen MR) is 104 cm³/mol. The molecule has 0 bridgehead atoms. The third-order valence-electron chi connectivity index (χ3n) is 5.53. The van der Waals surface area contributed by atoms with E-state index in [0.29, 0.717) is 11.8 Å². The summed E-state index contributed by atoms with van der Waals surface area (Å²) in [5.41, 5.74) is 6.20. The Balaban J connectivity index is 0.00000182. The molecule has 0 saturated heterocycles. The van der Waals surface area contributed by atoms with Gasteiger partial charge in [0.15, 0.2) is 0 Å². The van der Waals surface area contributed by atoms with Gasteiger partial charge >= 0.3 is 0 Å². The summed E-state index contributed by atoms with van der Waals surface area (Å²) < 4.78 is 5.53. The SMILES string of the molecule is CCCCN1CCc2cc(OC)cc3c2[C@H]1Cc1cccc(O)c1-3.Cl. The minimum absolute atomic E-state index is 0. The molecule has 0 amide bonds. The molecule has 2 aliphatic rings. The van der Waals surface area contributed by atoms with Crippen LogP contribution in [-0.4, -0.2) is 30.2 Å². The molecule has 0 radical (unpaired) electrons. The molecule has 2 aromatic carbocycles. The van der Waals surface area contributed by atoms with Crippen LogP contribution in [0.15, 0.2) is 30.3 Å². The van der Waals surface area contributed by atoms with Gasteiger partial charge in [-0.3, -0.25) is 4.90 Å². The van der Waals surface area contributed by atoms with Gasteiger partial charge in [-0.15, -0.1) is 12.4 Å². The van der Waals surface area contributed by atoms with E-state index in [-0.39, 0.29) is 12.4 Å². The van der Waals surface area contributed by atoms with E-state index in [1.54, 1.807) is 13.2 Å². The van der Waals surface area contributed by atoms with Crippen LogP contribution in [0.2, 0.25) is 0 Å². The number of phenolic OH excluding ortho intramolecular Hbond substituents is 1. The summed E-state index contributed by atoms with van der Waals surface area (Å²) in [5, 5.41) is 10.5. The molecule has 3 nitrogen and oxygen atoms in total. The highest BCUT2D eigenvalue weighted by molar-refractivity contribution is 5.85. The lowest BCUT2D eigenvalue weighted by atomic mass is 9.76. The van der Waals surface area contributed by atoms with E-state index in [9.17, 15) is 5.11 Å². The highest BCUT2D eigenvalue weighted by atomic mass is 35.5. The van der Waals surface area contributed by atoms with Gasteiger partial charge in [-0.2, -0.15) is 0 Å². The quantitative estimate of drug-likeness (QED) is 0.855. The number of nitrogens with zero attached hydrogens (tertiary/aromatic N) is 1. The smallest absolute Gasteiger partial charge is 0.123 e. The minimum atomic E-state index is 0. The van der Waals surface area contributed by atoms with Crippen LogP contribution in [0.3, 0.4) is 0 Å². The number of hydrogen-bond donors (Lipinski definition) is 1. The summed E-state index contributed by atoms with van der Waals surface area (Å²) in [6.45, 7) is 4.51. The van der Waals surface area contributed by atoms with Crippen LogP contribution in [0.4, 0.5) is 0 Å². The average Bonchev–Trinajstić information content (AvgIpc) is 2.60. The number of ether oxygens (including phenoxy) is 1. The Morgan fingerprint density at radius 2 is 2.08 bits per heavy atom. The van der Waals surface area contributed by atoms with Crippen LogP contribution in [0.5, 0.6) is 11.5 Å². The summed E-state index contributed by atoms with van der Waals surface area (Å²) in [5.74, 6) is 1.27. The zero-order valence-electron chi connectivity index (χ0n) is 14.9. The number of unbranched alkanes of at least 4 members (excludes halogenated alkanes) is 1. The first-order valence-electron chi connectivity index (χ1n) is 8.99. The fourth-order valence-corrected chi connectivity index (χ4v) is 4.35. The number of methoxy groups -OCH3 is 1. The number of rotatable bonds is 4. The van der Waals surface area contributed by atoms with Gasteiger partial charge < -0.3 is 9.84 Å². The van der Waals surface area contributed by atoms with Gasteiger partial charge in [0.25, 0.3) is 0 Å². The number of benzene rings is 2. The van der Waals surface area contributed by atoms with Gasteiger partial charge in [-0.05, 0) is 66.3 Å². The van der Waals surface area contributed by atoms with Gasteiger partial charge in [-0.1, -0.05) is 25.5 Å². The van der Waals surface area contributed by atoms with Crippen LogP contribution >= 0.6 is 12.4 Å². The van der Waals surface area contributed by atoms with Crippen LogP contribution in [0, 0.1) is 0 Å². The van der Waals surface area contributed by atoms with Crippen molar-refractivity contribution >= 4 is 12.4 Å². The molecule has 0 aromatic heterocycles. The van der Waals surface area contributed by atoms with Gasteiger partial charge in [-0.25, -0.2) is 0 Å². The number of hydrogen-bond acceptors (Lipinski definition) is 3. The molecule has 1 heterocycles. The van der Waals surface area contributed by atoms with E-state index >= 15 is 0 Å². The molecular weight excluding hydrogens is 334 g/mol. The second kappa shape index (κ2) is 7.27. The second-order valence-corrected chi connectivity index (χ2v) is 6.92. The summed E-state index contributed by atoms with van der Waals surface area (Å²) in [7, 11) is 1.72. The Bertz CT molecular complexity index is 775. The summed E-state index contributed by atoms with van der Waals surface area (Å²) in [4.78, 5) is 2.63. The van der Waals surface area contributed by atoms with Crippen molar-refractivity contribution in [1.29, 1.82) is 0 Å². The van der Waals surface area contributed by atoms with Gasteiger partial charge in [0, 0.05) is 18.2 Å². The molecule has 0 spiro atoms. The number of phenols is 1. The highest BCUT2D eigenvalue weighted by Crippen LogP contribution is 2.49. The van der Waals surface area contributed by atoms with Crippen LogP contribution in [0.25, 0.3) is 11.1 Å². The summed E-state index contributed by atoms with van der Waals surface area (Å²) >= 11 is 0. The van der Waals surface area contributed by atoms with E-state index in [2.05, 4.69) is 30.0 Å². The maximum absolute atomic E-state index is 10.5. The molecule has 1 N–H and O–H groups in total. The van der Waals surface area contributed by atoms with Crippen molar-refractivity contribution in [2.45, 2.75) is 38.6 Å². The predicted octanol–water partition coefficient (Wildman–Crippen LogP) is 4.75. The van der Waals surface area contributed by atoms with Crippen LogP contribution in [0.1, 0.15) is 42.5 Å². The molecule has 2 aromatic rings. The maximum atomic E-state index is 10.5. The first-order chi connectivity index (χ1) is 11.7. The third kappa shape index (κ3) is 3.00. The Labute approximate surface area is 156 Å². The largest absolute Gasteiger partial charge is 0.507 e. The lowest BCUT2D eigenvalue weighted by Crippen LogP contribution is -2.39. The molecule has 0 saturated carbocycles. The van der Waals surface area contributed by atoms with Crippen molar-refractivity contribution in [3.8, 4) is 22.6 Å². The van der Waals surface area contributed by atoms with Crippen molar-refractivity contribution < 1.29 is 9.84 Å². The lowest BCUT2D eigenvalue weighted by molar-refractivity contribution is 0.179. The molecule has 4 rings (SSSR count). The van der Waals surface area contributed by atoms with Crippen LogP contribution in [-0.2, 0) is 12.8 Å². The van der Waals surface area contributed by atoms with E-state index < -0.39 is 0 Å². The van der Waals surface area contributed by atoms with Crippen molar-refractivity contribution in [2.24, 2.45) is 0 Å². The molecule has 1 atom stereocenters. The Morgan fingerprint density at radius 3 is 2.84 bits per heavy atom. The first kappa shape index (κ1) is 18.1. The van der Waals surface area contributed by atoms with E-state index in [1.165, 1.54) is 29.5 Å². The molecule has 0 unspecified atom stereocenters. The topological polar surface area (TPSA) is 32.7 Å². The molecule has 134 valence electrons. The van der Waals surface area contributed by atoms with Gasteiger partial charge in [0.05, 0.1) is 7.11 Å². The van der Waals surface area contributed by atoms with Crippen molar-refractivity contribution in [1.82, 2.24) is 4.90 Å². The zero-order valence-corrected chi connectivity index (χ0v) is 15.7. The Morgan fingerprint density at radius 1 is 1.24 bits per heavy atom. The third-order valence-corrected chi connectivity index (χ3v) is 5.53. The fourth-order valence-electron chi connectivity index (χ4n) is 4.35. The number of fused-ring (bicyclic) bond motifs is 2. The van der Waals surface area contributed by atoms with E-state index in [0.717, 1.165) is 42.8 Å². The van der Waals surface area contributed by atoms with Gasteiger partial charge in [0.2, 0.25) is 0 Å². The highest BCUT2D eigenvalue weighted by Gasteiger charge is 2.35. The second-order valence-electron chi connectivity index (χ2n) is 6.92. The molecule has 1 aliphatic carbocycles. The minimum Gasteiger partial charge on any atom is -0.507 e. The van der Waals surface area contributed by atoms with E-state index in [1.807, 2.05) is 6.07 Å². The summed E-state index contributed by atoms with van der Waals surface area (Å²) in [6, 6.07) is 10.6. The average molecular weight is 360 g/mol. The molecule has 4 heteroatoms. The molecular formula is C21H26ClNO2. The Kier molecular flexibility index (Phi) is 5.26. The summed E-state index contributed by atoms with van der Waals surface area (Å²) in [6.07, 6.45) is 4.51. The van der Waals surface area contributed by atoms with Crippen molar-refractivity contribution in [2.75, 3.05) is 20.2 Å². The first-order valence-corrected chi connectivity index (χ1v) is 8.99. The van der Waals surface area contributed by atoms with Crippen molar-refractivity contribution in [3.63, 3.8) is 0 Å². The fraction of sp³-hybridized carbons (Fsp3) is 0.429.